The fourth-order valence-electron chi connectivity index (χ4n) is 0.982. The molecule has 2 nitrogen and oxygen atoms in total. The Kier molecular flexibility index (Phi) is 2.16. The van der Waals surface area contributed by atoms with Crippen molar-refractivity contribution in [2.24, 2.45) is 0 Å². The molecular weight excluding hydrogens is 132 g/mol. The molecule has 1 aliphatic heterocycles. The third-order valence-corrected chi connectivity index (χ3v) is 2.04. The first-order valence-corrected chi connectivity index (χ1v) is 3.68. The van der Waals surface area contributed by atoms with E-state index in [4.69, 9.17) is 12.2 Å². The molecule has 0 aromatic heterocycles. The topological polar surface area (TPSA) is 24.1 Å². The molecule has 3 heteroatoms. The Bertz CT molecular complexity index is 106. The Labute approximate surface area is 61.0 Å². The van der Waals surface area contributed by atoms with Crippen LogP contribution in [-0.4, -0.2) is 23.6 Å². The van der Waals surface area contributed by atoms with Gasteiger partial charge in [0.25, 0.3) is 0 Å². The molecule has 0 aromatic carbocycles. The van der Waals surface area contributed by atoms with Crippen LogP contribution in [0.1, 0.15) is 13.8 Å². The lowest BCUT2D eigenvalue weighted by Crippen LogP contribution is -2.33. The molecule has 0 spiro atoms. The molecule has 2 unspecified atom stereocenters. The predicted molar refractivity (Wildman–Crippen MR) is 42.6 cm³/mol. The fourth-order valence-corrected chi connectivity index (χ4v) is 1.14. The normalized spacial score (nSPS) is 43.1. The SMILES string of the molecule is CC1NC(C=S)NC1C. The van der Waals surface area contributed by atoms with E-state index in [9.17, 15) is 0 Å². The van der Waals surface area contributed by atoms with Crippen LogP contribution in [0.5, 0.6) is 0 Å². The first kappa shape index (κ1) is 7.12. The van der Waals surface area contributed by atoms with E-state index in [-0.39, 0.29) is 6.17 Å². The van der Waals surface area contributed by atoms with E-state index in [0.717, 1.165) is 0 Å². The lowest BCUT2D eigenvalue weighted by molar-refractivity contribution is 0.583. The van der Waals surface area contributed by atoms with E-state index in [1.807, 2.05) is 0 Å². The van der Waals surface area contributed by atoms with Crippen LogP contribution in [0, 0.1) is 0 Å². The summed E-state index contributed by atoms with van der Waals surface area (Å²) in [6, 6.07) is 1.07. The summed E-state index contributed by atoms with van der Waals surface area (Å²) in [7, 11) is 0. The van der Waals surface area contributed by atoms with Crippen molar-refractivity contribution in [3.8, 4) is 0 Å². The minimum atomic E-state index is 0.241. The van der Waals surface area contributed by atoms with E-state index in [1.165, 1.54) is 0 Å². The summed E-state index contributed by atoms with van der Waals surface area (Å²) >= 11 is 4.77. The average Bonchev–Trinajstić information content (AvgIpc) is 2.13. The lowest BCUT2D eigenvalue weighted by atomic mass is 10.2. The van der Waals surface area contributed by atoms with Crippen molar-refractivity contribution < 1.29 is 0 Å². The molecule has 1 fully saturated rings. The van der Waals surface area contributed by atoms with Crippen molar-refractivity contribution in [2.45, 2.75) is 32.1 Å². The second-order valence-corrected chi connectivity index (χ2v) is 2.80. The van der Waals surface area contributed by atoms with Crippen LogP contribution in [0.15, 0.2) is 0 Å². The van der Waals surface area contributed by atoms with Crippen LogP contribution in [0.3, 0.4) is 0 Å². The second-order valence-electron chi connectivity index (χ2n) is 2.52. The largest absolute Gasteiger partial charge is 0.294 e. The molecule has 1 aliphatic rings. The average molecular weight is 144 g/mol. The molecule has 52 valence electrons. The molecule has 2 N–H and O–H groups in total. The standard InChI is InChI=1S/C6H12N2S/c1-4-5(2)8-6(3-9)7-4/h3-8H,1-2H3. The molecule has 1 rings (SSSR count). The van der Waals surface area contributed by atoms with Crippen LogP contribution >= 0.6 is 12.2 Å². The van der Waals surface area contributed by atoms with E-state index in [0.29, 0.717) is 12.1 Å². The predicted octanol–water partition coefficient (Wildman–Crippen LogP) is 0.282. The van der Waals surface area contributed by atoms with Gasteiger partial charge < -0.3 is 0 Å². The number of thiocarbonyl (C=S) groups is 1. The van der Waals surface area contributed by atoms with Gasteiger partial charge in [0.15, 0.2) is 0 Å². The second kappa shape index (κ2) is 2.73. The molecule has 0 aromatic rings. The summed E-state index contributed by atoms with van der Waals surface area (Å²) < 4.78 is 0. The molecule has 0 saturated carbocycles. The van der Waals surface area contributed by atoms with Gasteiger partial charge in [0.05, 0.1) is 6.17 Å². The molecule has 1 saturated heterocycles. The molecular formula is C6H12N2S. The van der Waals surface area contributed by atoms with Gasteiger partial charge >= 0.3 is 0 Å². The van der Waals surface area contributed by atoms with Gasteiger partial charge in [-0.2, -0.15) is 0 Å². The Morgan fingerprint density at radius 3 is 1.89 bits per heavy atom. The van der Waals surface area contributed by atoms with Crippen LogP contribution in [0.2, 0.25) is 0 Å². The minimum Gasteiger partial charge on any atom is -0.294 e. The number of hydrogen-bond acceptors (Lipinski definition) is 3. The summed E-state index contributed by atoms with van der Waals surface area (Å²) in [6.07, 6.45) is 0.241. The van der Waals surface area contributed by atoms with Crippen molar-refractivity contribution in [3.05, 3.63) is 0 Å². The Hall–Kier alpha value is 0.01000. The molecule has 2 atom stereocenters. The highest BCUT2D eigenvalue weighted by Crippen LogP contribution is 2.00. The van der Waals surface area contributed by atoms with Crippen molar-refractivity contribution in [1.29, 1.82) is 0 Å². The fraction of sp³-hybridized carbons (Fsp3) is 0.833. The van der Waals surface area contributed by atoms with Crippen LogP contribution in [0.4, 0.5) is 0 Å². The van der Waals surface area contributed by atoms with Gasteiger partial charge in [-0.15, -0.1) is 0 Å². The monoisotopic (exact) mass is 144 g/mol. The van der Waals surface area contributed by atoms with Crippen LogP contribution in [-0.2, 0) is 0 Å². The maximum atomic E-state index is 4.77. The van der Waals surface area contributed by atoms with Crippen molar-refractivity contribution in [3.63, 3.8) is 0 Å². The van der Waals surface area contributed by atoms with Gasteiger partial charge in [-0.3, -0.25) is 10.6 Å². The third-order valence-electron chi connectivity index (χ3n) is 1.77. The Morgan fingerprint density at radius 1 is 1.22 bits per heavy atom. The van der Waals surface area contributed by atoms with Crippen molar-refractivity contribution in [2.75, 3.05) is 0 Å². The highest BCUT2D eigenvalue weighted by Gasteiger charge is 2.23. The summed E-state index contributed by atoms with van der Waals surface area (Å²) in [4.78, 5) is 0. The smallest absolute Gasteiger partial charge is 0.0873 e. The molecule has 0 amide bonds. The van der Waals surface area contributed by atoms with E-state index < -0.39 is 0 Å². The maximum Gasteiger partial charge on any atom is 0.0873 e. The summed E-state index contributed by atoms with van der Waals surface area (Å²) in [5.41, 5.74) is 0. The quantitative estimate of drug-likeness (QED) is 0.517. The summed E-state index contributed by atoms with van der Waals surface area (Å²) in [5, 5.41) is 8.29. The number of nitrogens with one attached hydrogen (secondary N) is 2. The molecule has 0 aliphatic carbocycles. The van der Waals surface area contributed by atoms with E-state index >= 15 is 0 Å². The summed E-state index contributed by atoms with van der Waals surface area (Å²) in [6.45, 7) is 4.30. The van der Waals surface area contributed by atoms with Crippen molar-refractivity contribution >= 4 is 17.6 Å². The van der Waals surface area contributed by atoms with Crippen molar-refractivity contribution in [1.82, 2.24) is 10.6 Å². The zero-order valence-electron chi connectivity index (χ0n) is 5.72. The molecule has 0 bridgehead atoms. The number of hydrogen-bond donors (Lipinski definition) is 2. The zero-order valence-corrected chi connectivity index (χ0v) is 6.53. The van der Waals surface area contributed by atoms with Gasteiger partial charge in [0, 0.05) is 17.5 Å². The highest BCUT2D eigenvalue weighted by molar-refractivity contribution is 7.79. The third kappa shape index (κ3) is 1.47. The first-order valence-electron chi connectivity index (χ1n) is 3.21. The highest BCUT2D eigenvalue weighted by atomic mass is 32.1. The van der Waals surface area contributed by atoms with Crippen LogP contribution < -0.4 is 10.6 Å². The van der Waals surface area contributed by atoms with Gasteiger partial charge in [-0.25, -0.2) is 0 Å². The lowest BCUT2D eigenvalue weighted by Gasteiger charge is -2.05. The minimum absolute atomic E-state index is 0.241. The first-order chi connectivity index (χ1) is 4.24. The maximum absolute atomic E-state index is 4.77. The molecule has 1 heterocycles. The number of rotatable bonds is 1. The Balaban J connectivity index is 2.43. The van der Waals surface area contributed by atoms with Gasteiger partial charge in [0.1, 0.15) is 0 Å². The van der Waals surface area contributed by atoms with E-state index in [2.05, 4.69) is 24.5 Å². The summed E-state index contributed by atoms with van der Waals surface area (Å²) in [5.74, 6) is 0. The van der Waals surface area contributed by atoms with Gasteiger partial charge in [0.2, 0.25) is 0 Å². The van der Waals surface area contributed by atoms with Crippen LogP contribution in [0.25, 0.3) is 0 Å². The van der Waals surface area contributed by atoms with E-state index in [1.54, 1.807) is 5.37 Å². The van der Waals surface area contributed by atoms with Gasteiger partial charge in [-0.1, -0.05) is 12.2 Å². The Morgan fingerprint density at radius 2 is 1.67 bits per heavy atom. The zero-order chi connectivity index (χ0) is 6.85. The molecule has 0 radical (unpaired) electrons. The van der Waals surface area contributed by atoms with Gasteiger partial charge in [-0.05, 0) is 13.8 Å². The molecule has 9 heavy (non-hydrogen) atoms.